The van der Waals surface area contributed by atoms with Crippen molar-refractivity contribution >= 4 is 17.6 Å². The summed E-state index contributed by atoms with van der Waals surface area (Å²) in [5.41, 5.74) is 1.11. The molecule has 0 atom stereocenters. The zero-order chi connectivity index (χ0) is 21.1. The predicted octanol–water partition coefficient (Wildman–Crippen LogP) is 3.04. The maximum Gasteiger partial charge on any atom is 0.251 e. The molecule has 8 heteroatoms. The van der Waals surface area contributed by atoms with Gasteiger partial charge >= 0.3 is 0 Å². The number of H-pyrrole nitrogens is 1. The molecule has 1 aliphatic heterocycles. The highest BCUT2D eigenvalue weighted by atomic mass is 32.2. The van der Waals surface area contributed by atoms with Crippen LogP contribution in [0.4, 0.5) is 5.82 Å². The number of piperazine rings is 1. The van der Waals surface area contributed by atoms with Crippen molar-refractivity contribution in [3.63, 3.8) is 0 Å². The quantitative estimate of drug-likeness (QED) is 0.412. The largest absolute Gasteiger partial charge is 0.354 e. The van der Waals surface area contributed by atoms with Crippen LogP contribution in [0, 0.1) is 0 Å². The first-order valence-corrected chi connectivity index (χ1v) is 11.9. The summed E-state index contributed by atoms with van der Waals surface area (Å²) in [6, 6.07) is 3.67. The van der Waals surface area contributed by atoms with Crippen molar-refractivity contribution < 1.29 is 0 Å². The molecule has 1 aliphatic carbocycles. The fourth-order valence-electron chi connectivity index (χ4n) is 3.62. The van der Waals surface area contributed by atoms with Gasteiger partial charge in [0.05, 0.1) is 0 Å². The normalized spacial score (nSPS) is 18.0. The minimum atomic E-state index is -0.0900. The van der Waals surface area contributed by atoms with Crippen LogP contribution in [0.25, 0.3) is 0 Å². The Morgan fingerprint density at radius 2 is 1.93 bits per heavy atom. The van der Waals surface area contributed by atoms with Crippen molar-refractivity contribution in [3.05, 3.63) is 40.2 Å². The van der Waals surface area contributed by atoms with E-state index in [1.54, 1.807) is 18.0 Å². The summed E-state index contributed by atoms with van der Waals surface area (Å²) in [5.74, 6) is 3.67. The molecule has 30 heavy (non-hydrogen) atoms. The number of aromatic nitrogens is 4. The van der Waals surface area contributed by atoms with Crippen LogP contribution < -0.4 is 10.5 Å². The van der Waals surface area contributed by atoms with Crippen LogP contribution in [0.15, 0.2) is 28.3 Å². The van der Waals surface area contributed by atoms with Crippen molar-refractivity contribution in [1.29, 1.82) is 0 Å². The maximum absolute atomic E-state index is 11.3. The molecule has 1 saturated heterocycles. The van der Waals surface area contributed by atoms with Gasteiger partial charge < -0.3 is 9.88 Å². The smallest absolute Gasteiger partial charge is 0.251 e. The highest BCUT2D eigenvalue weighted by Crippen LogP contribution is 2.40. The van der Waals surface area contributed by atoms with E-state index < -0.39 is 0 Å². The Hall–Kier alpha value is -1.93. The van der Waals surface area contributed by atoms with E-state index in [0.29, 0.717) is 11.1 Å². The Morgan fingerprint density at radius 3 is 2.60 bits per heavy atom. The van der Waals surface area contributed by atoms with Crippen LogP contribution in [0.5, 0.6) is 0 Å². The molecule has 0 radical (unpaired) electrons. The lowest BCUT2D eigenvalue weighted by molar-refractivity contribution is 0.258. The minimum Gasteiger partial charge on any atom is -0.354 e. The van der Waals surface area contributed by atoms with Gasteiger partial charge in [0, 0.05) is 67.3 Å². The molecule has 1 N–H and O–H groups in total. The number of nitrogens with one attached hydrogen (secondary N) is 1. The number of aromatic amines is 1. The molecule has 2 aromatic rings. The van der Waals surface area contributed by atoms with E-state index in [9.17, 15) is 4.79 Å². The van der Waals surface area contributed by atoms with Gasteiger partial charge in [-0.05, 0) is 25.8 Å². The molecule has 3 heterocycles. The molecular formula is C22H32N6OS. The average molecular weight is 429 g/mol. The summed E-state index contributed by atoms with van der Waals surface area (Å²) in [6.45, 7) is 11.8. The van der Waals surface area contributed by atoms with Crippen molar-refractivity contribution in [2.24, 2.45) is 0 Å². The van der Waals surface area contributed by atoms with Crippen molar-refractivity contribution in [2.75, 3.05) is 43.4 Å². The van der Waals surface area contributed by atoms with E-state index in [4.69, 9.17) is 9.97 Å². The summed E-state index contributed by atoms with van der Waals surface area (Å²) in [6.07, 6.45) is 5.17. The third-order valence-corrected chi connectivity index (χ3v) is 6.57. The SMILES string of the molecule is CC(C)(C)c1nc(C2CC2)cc(N2CCN(CCCSc3nccc(=O)[nH]3)CC2)n1. The Kier molecular flexibility index (Phi) is 6.43. The lowest BCUT2D eigenvalue weighted by atomic mass is 9.95. The van der Waals surface area contributed by atoms with Crippen LogP contribution >= 0.6 is 11.8 Å². The number of nitrogens with zero attached hydrogens (tertiary/aromatic N) is 5. The maximum atomic E-state index is 11.3. The summed E-state index contributed by atoms with van der Waals surface area (Å²) in [7, 11) is 0. The molecule has 4 rings (SSSR count). The molecule has 0 bridgehead atoms. The predicted molar refractivity (Wildman–Crippen MR) is 122 cm³/mol. The minimum absolute atomic E-state index is 0.0307. The second-order valence-corrected chi connectivity index (χ2v) is 10.4. The fraction of sp³-hybridized carbons (Fsp3) is 0.636. The van der Waals surface area contributed by atoms with E-state index >= 15 is 0 Å². The van der Waals surface area contributed by atoms with E-state index in [1.807, 2.05) is 0 Å². The molecule has 2 aromatic heterocycles. The first-order valence-electron chi connectivity index (χ1n) is 10.9. The number of hydrogen-bond acceptors (Lipinski definition) is 7. The Morgan fingerprint density at radius 1 is 1.17 bits per heavy atom. The highest BCUT2D eigenvalue weighted by Gasteiger charge is 2.29. The molecule has 0 unspecified atom stereocenters. The van der Waals surface area contributed by atoms with Gasteiger partial charge in [-0.3, -0.25) is 9.69 Å². The van der Waals surface area contributed by atoms with Crippen LogP contribution in [0.1, 0.15) is 57.5 Å². The van der Waals surface area contributed by atoms with Gasteiger partial charge in [-0.1, -0.05) is 32.5 Å². The Labute approximate surface area is 182 Å². The van der Waals surface area contributed by atoms with Crippen LogP contribution in [0.3, 0.4) is 0 Å². The number of anilines is 1. The van der Waals surface area contributed by atoms with Gasteiger partial charge in [0.25, 0.3) is 5.56 Å². The lowest BCUT2D eigenvalue weighted by Crippen LogP contribution is -2.47. The van der Waals surface area contributed by atoms with E-state index in [1.165, 1.54) is 24.6 Å². The molecule has 0 aromatic carbocycles. The molecule has 0 spiro atoms. The number of thioether (sulfide) groups is 1. The molecule has 0 amide bonds. The van der Waals surface area contributed by atoms with E-state index in [0.717, 1.165) is 56.5 Å². The topological polar surface area (TPSA) is 78.0 Å². The standard InChI is InChI=1S/C22H32N6OS/c1-22(2,3)20-24-17(16-5-6-16)15-18(25-20)28-12-10-27(11-13-28)9-4-14-30-21-23-8-7-19(29)26-21/h7-8,15-16H,4-6,9-14H2,1-3H3,(H,23,26,29). The number of rotatable bonds is 7. The molecule has 7 nitrogen and oxygen atoms in total. The van der Waals surface area contributed by atoms with Gasteiger partial charge in [0.15, 0.2) is 5.16 Å². The zero-order valence-electron chi connectivity index (χ0n) is 18.2. The Balaban J connectivity index is 1.28. The molecule has 1 saturated carbocycles. The van der Waals surface area contributed by atoms with E-state index in [2.05, 4.69) is 46.6 Å². The van der Waals surface area contributed by atoms with Crippen LogP contribution in [-0.4, -0.2) is 63.3 Å². The third-order valence-electron chi connectivity index (χ3n) is 5.60. The summed E-state index contributed by atoms with van der Waals surface area (Å²) < 4.78 is 0. The van der Waals surface area contributed by atoms with Crippen molar-refractivity contribution in [3.8, 4) is 0 Å². The van der Waals surface area contributed by atoms with Gasteiger partial charge in [-0.2, -0.15) is 0 Å². The van der Waals surface area contributed by atoms with Crippen LogP contribution in [-0.2, 0) is 5.41 Å². The fourth-order valence-corrected chi connectivity index (χ4v) is 4.40. The van der Waals surface area contributed by atoms with Gasteiger partial charge in [-0.15, -0.1) is 0 Å². The van der Waals surface area contributed by atoms with Crippen molar-refractivity contribution in [1.82, 2.24) is 24.8 Å². The first-order chi connectivity index (χ1) is 14.4. The van der Waals surface area contributed by atoms with Gasteiger partial charge in [-0.25, -0.2) is 15.0 Å². The number of hydrogen-bond donors (Lipinski definition) is 1. The first kappa shape index (κ1) is 21.3. The summed E-state index contributed by atoms with van der Waals surface area (Å²) in [4.78, 5) is 33.0. The molecule has 162 valence electrons. The third kappa shape index (κ3) is 5.60. The molecule has 2 aliphatic rings. The van der Waals surface area contributed by atoms with Crippen molar-refractivity contribution in [2.45, 2.75) is 56.5 Å². The Bertz CT molecular complexity index is 912. The van der Waals surface area contributed by atoms with Crippen LogP contribution in [0.2, 0.25) is 0 Å². The average Bonchev–Trinajstić information content (AvgIpc) is 3.56. The summed E-state index contributed by atoms with van der Waals surface area (Å²) in [5, 5.41) is 0.706. The molecular weight excluding hydrogens is 396 g/mol. The van der Waals surface area contributed by atoms with Gasteiger partial charge in [0.2, 0.25) is 0 Å². The van der Waals surface area contributed by atoms with Gasteiger partial charge in [0.1, 0.15) is 11.6 Å². The lowest BCUT2D eigenvalue weighted by Gasteiger charge is -2.36. The highest BCUT2D eigenvalue weighted by molar-refractivity contribution is 7.99. The zero-order valence-corrected chi connectivity index (χ0v) is 19.0. The second kappa shape index (κ2) is 9.06. The second-order valence-electron chi connectivity index (χ2n) is 9.27. The monoisotopic (exact) mass is 428 g/mol. The molecule has 2 fully saturated rings. The summed E-state index contributed by atoms with van der Waals surface area (Å²) >= 11 is 1.61. The van der Waals surface area contributed by atoms with E-state index in [-0.39, 0.29) is 11.0 Å².